The van der Waals surface area contributed by atoms with Gasteiger partial charge in [0.05, 0.1) is 0 Å². The van der Waals surface area contributed by atoms with E-state index in [0.29, 0.717) is 5.57 Å². The number of hydrogen-bond donors (Lipinski definition) is 0. The fraction of sp³-hybridized carbons (Fsp3) is 0.857. The summed E-state index contributed by atoms with van der Waals surface area (Å²) in [5.41, 5.74) is 0.630. The van der Waals surface area contributed by atoms with Crippen molar-refractivity contribution in [3.05, 3.63) is 12.2 Å². The maximum absolute atomic E-state index is 10.3. The van der Waals surface area contributed by atoms with Gasteiger partial charge in [0.1, 0.15) is 0 Å². The van der Waals surface area contributed by atoms with Crippen LogP contribution in [0.25, 0.3) is 0 Å². The number of unbranched alkanes of at least 4 members (excludes halogenated alkanes) is 15. The molecule has 0 saturated heterocycles. The summed E-state index contributed by atoms with van der Waals surface area (Å²) in [6, 6.07) is 0. The van der Waals surface area contributed by atoms with E-state index in [-0.39, 0.29) is 0 Å². The first-order chi connectivity index (χ1) is 10.8. The highest BCUT2D eigenvalue weighted by Gasteiger charge is 1.96. The Morgan fingerprint density at radius 3 is 1.27 bits per heavy atom. The average molecular weight is 308 g/mol. The van der Waals surface area contributed by atoms with Crippen molar-refractivity contribution in [2.45, 2.75) is 116 Å². The minimum Gasteiger partial charge on any atom is -0.285 e. The summed E-state index contributed by atoms with van der Waals surface area (Å²) in [5.74, 6) is 0. The van der Waals surface area contributed by atoms with Gasteiger partial charge in [0.15, 0.2) is 0 Å². The van der Waals surface area contributed by atoms with Crippen LogP contribution in [0.5, 0.6) is 0 Å². The molecule has 0 aromatic rings. The third-order valence-corrected chi connectivity index (χ3v) is 4.48. The van der Waals surface area contributed by atoms with Gasteiger partial charge < -0.3 is 0 Å². The average Bonchev–Trinajstić information content (AvgIpc) is 2.54. The first kappa shape index (κ1) is 21.4. The van der Waals surface area contributed by atoms with Crippen molar-refractivity contribution in [2.75, 3.05) is 0 Å². The second kappa shape index (κ2) is 18.5. The van der Waals surface area contributed by atoms with Gasteiger partial charge in [-0.25, -0.2) is 0 Å². The normalized spacial score (nSPS) is 10.8. The number of allylic oxidation sites excluding steroid dienone is 1. The predicted octanol–water partition coefficient (Wildman–Crippen LogP) is 7.30. The first-order valence-corrected chi connectivity index (χ1v) is 9.87. The standard InChI is InChI=1S/C21H39O/c1-3-4-5-6-7-8-9-10-11-12-13-14-15-16-17-18-19-21(2)20-22/h2-19H2,1H3. The van der Waals surface area contributed by atoms with Crippen LogP contribution < -0.4 is 0 Å². The van der Waals surface area contributed by atoms with Crippen molar-refractivity contribution in [3.8, 4) is 0 Å². The van der Waals surface area contributed by atoms with E-state index in [4.69, 9.17) is 0 Å². The van der Waals surface area contributed by atoms with Crippen LogP contribution in [0.4, 0.5) is 0 Å². The predicted molar refractivity (Wildman–Crippen MR) is 99.0 cm³/mol. The Kier molecular flexibility index (Phi) is 18.0. The lowest BCUT2D eigenvalue weighted by molar-refractivity contribution is 0.529. The van der Waals surface area contributed by atoms with Crippen LogP contribution in [0.2, 0.25) is 0 Å². The number of hydrogen-bond acceptors (Lipinski definition) is 1. The van der Waals surface area contributed by atoms with Gasteiger partial charge in [-0.3, -0.25) is 4.79 Å². The molecule has 0 N–H and O–H groups in total. The minimum atomic E-state index is 0.630. The molecule has 0 aliphatic heterocycles. The second-order valence-corrected chi connectivity index (χ2v) is 6.76. The van der Waals surface area contributed by atoms with Crippen LogP contribution in [-0.4, -0.2) is 6.29 Å². The summed E-state index contributed by atoms with van der Waals surface area (Å²) in [5, 5.41) is 0. The Labute approximate surface area is 140 Å². The summed E-state index contributed by atoms with van der Waals surface area (Å²) in [4.78, 5) is 10.3. The lowest BCUT2D eigenvalue weighted by atomic mass is 10.0. The van der Waals surface area contributed by atoms with E-state index in [1.807, 2.05) is 6.29 Å². The van der Waals surface area contributed by atoms with Gasteiger partial charge in [-0.1, -0.05) is 110 Å². The zero-order chi connectivity index (χ0) is 16.3. The Hall–Kier alpha value is -0.590. The topological polar surface area (TPSA) is 17.1 Å². The van der Waals surface area contributed by atoms with Crippen LogP contribution in [0.1, 0.15) is 116 Å². The molecule has 0 bridgehead atoms. The van der Waals surface area contributed by atoms with Crippen LogP contribution in [0.15, 0.2) is 12.2 Å². The Balaban J connectivity index is 2.99. The molecule has 0 saturated carbocycles. The Morgan fingerprint density at radius 2 is 0.955 bits per heavy atom. The molecule has 0 unspecified atom stereocenters. The van der Waals surface area contributed by atoms with Crippen molar-refractivity contribution >= 4 is 6.29 Å². The van der Waals surface area contributed by atoms with E-state index >= 15 is 0 Å². The zero-order valence-corrected chi connectivity index (χ0v) is 15.1. The van der Waals surface area contributed by atoms with Gasteiger partial charge in [0, 0.05) is 0 Å². The van der Waals surface area contributed by atoms with Gasteiger partial charge in [-0.15, -0.1) is 0 Å². The molecule has 1 nitrogen and oxygen atoms in total. The second-order valence-electron chi connectivity index (χ2n) is 6.76. The Bertz CT molecular complexity index is 244. The number of rotatable bonds is 18. The highest BCUT2D eigenvalue weighted by atomic mass is 16.1. The van der Waals surface area contributed by atoms with E-state index in [1.165, 1.54) is 96.3 Å². The van der Waals surface area contributed by atoms with Crippen molar-refractivity contribution in [2.24, 2.45) is 0 Å². The van der Waals surface area contributed by atoms with E-state index in [2.05, 4.69) is 13.5 Å². The van der Waals surface area contributed by atoms with Gasteiger partial charge in [-0.05, 0) is 18.4 Å². The zero-order valence-electron chi connectivity index (χ0n) is 15.1. The van der Waals surface area contributed by atoms with Crippen molar-refractivity contribution < 1.29 is 4.79 Å². The van der Waals surface area contributed by atoms with Crippen molar-refractivity contribution in [3.63, 3.8) is 0 Å². The van der Waals surface area contributed by atoms with Crippen molar-refractivity contribution in [1.82, 2.24) is 0 Å². The van der Waals surface area contributed by atoms with E-state index < -0.39 is 0 Å². The molecule has 129 valence electrons. The van der Waals surface area contributed by atoms with Gasteiger partial charge in [0.2, 0.25) is 6.29 Å². The third-order valence-electron chi connectivity index (χ3n) is 4.48. The van der Waals surface area contributed by atoms with Crippen LogP contribution in [-0.2, 0) is 4.79 Å². The highest BCUT2D eigenvalue weighted by Crippen LogP contribution is 2.14. The van der Waals surface area contributed by atoms with Crippen LogP contribution >= 0.6 is 0 Å². The fourth-order valence-corrected chi connectivity index (χ4v) is 2.94. The molecule has 0 amide bonds. The van der Waals surface area contributed by atoms with E-state index in [1.54, 1.807) is 0 Å². The monoisotopic (exact) mass is 307 g/mol. The molecule has 0 atom stereocenters. The molecule has 0 spiro atoms. The summed E-state index contributed by atoms with van der Waals surface area (Å²) >= 11 is 0. The highest BCUT2D eigenvalue weighted by molar-refractivity contribution is 5.72. The van der Waals surface area contributed by atoms with Gasteiger partial charge in [0.25, 0.3) is 0 Å². The molecular weight excluding hydrogens is 268 g/mol. The van der Waals surface area contributed by atoms with Gasteiger partial charge >= 0.3 is 0 Å². The summed E-state index contributed by atoms with van der Waals surface area (Å²) < 4.78 is 0. The summed E-state index contributed by atoms with van der Waals surface area (Å²) in [6.07, 6.45) is 24.8. The fourth-order valence-electron chi connectivity index (χ4n) is 2.94. The molecule has 1 radical (unpaired) electrons. The molecule has 0 aliphatic carbocycles. The minimum absolute atomic E-state index is 0.630. The first-order valence-electron chi connectivity index (χ1n) is 9.87. The maximum atomic E-state index is 10.3. The van der Waals surface area contributed by atoms with Gasteiger partial charge in [-0.2, -0.15) is 0 Å². The third kappa shape index (κ3) is 17.5. The molecule has 0 rings (SSSR count). The molecule has 0 aliphatic rings. The van der Waals surface area contributed by atoms with E-state index in [9.17, 15) is 4.79 Å². The summed E-state index contributed by atoms with van der Waals surface area (Å²) in [6.45, 7) is 5.94. The molecule has 0 aromatic carbocycles. The summed E-state index contributed by atoms with van der Waals surface area (Å²) in [7, 11) is 0. The maximum Gasteiger partial charge on any atom is 0.228 e. The SMILES string of the molecule is C=C([C]=O)CCCCCCCCCCCCCCCCCC. The smallest absolute Gasteiger partial charge is 0.228 e. The van der Waals surface area contributed by atoms with Crippen LogP contribution in [0.3, 0.4) is 0 Å². The Morgan fingerprint density at radius 1 is 0.636 bits per heavy atom. The largest absolute Gasteiger partial charge is 0.285 e. The molecular formula is C21H39O. The number of carbonyl (C=O) groups excluding carboxylic acids is 1. The molecule has 0 heterocycles. The molecule has 0 aromatic heterocycles. The lowest BCUT2D eigenvalue weighted by Crippen LogP contribution is -1.85. The van der Waals surface area contributed by atoms with Crippen molar-refractivity contribution in [1.29, 1.82) is 0 Å². The van der Waals surface area contributed by atoms with Crippen LogP contribution in [0, 0.1) is 0 Å². The molecule has 0 fully saturated rings. The molecule has 22 heavy (non-hydrogen) atoms. The molecule has 1 heteroatoms. The quantitative estimate of drug-likeness (QED) is 0.192. The van der Waals surface area contributed by atoms with E-state index in [0.717, 1.165) is 12.8 Å². The lowest BCUT2D eigenvalue weighted by Gasteiger charge is -2.03.